The SMILES string of the molecule is CCCC(C)(N)C(=O)N1CCN(CC2CC2)CC1.Cl. The molecular weight excluding hydrogens is 262 g/mol. The van der Waals surface area contributed by atoms with Crippen molar-refractivity contribution < 1.29 is 4.79 Å². The van der Waals surface area contributed by atoms with Gasteiger partial charge in [-0.1, -0.05) is 13.3 Å². The van der Waals surface area contributed by atoms with Crippen LogP contribution in [0.25, 0.3) is 0 Å². The molecule has 1 aliphatic carbocycles. The smallest absolute Gasteiger partial charge is 0.242 e. The maximum absolute atomic E-state index is 12.3. The second-order valence-corrected chi connectivity index (χ2v) is 6.20. The van der Waals surface area contributed by atoms with Crippen molar-refractivity contribution in [2.75, 3.05) is 32.7 Å². The molecule has 0 aromatic rings. The molecule has 4 nitrogen and oxygen atoms in total. The van der Waals surface area contributed by atoms with Gasteiger partial charge in [0.1, 0.15) is 0 Å². The van der Waals surface area contributed by atoms with Crippen molar-refractivity contribution in [2.24, 2.45) is 11.7 Å². The van der Waals surface area contributed by atoms with Crippen LogP contribution in [0.15, 0.2) is 0 Å². The molecule has 2 aliphatic rings. The molecular formula is C14H28ClN3O. The molecule has 2 fully saturated rings. The minimum Gasteiger partial charge on any atom is -0.339 e. The lowest BCUT2D eigenvalue weighted by atomic mass is 9.95. The van der Waals surface area contributed by atoms with Crippen LogP contribution in [0.4, 0.5) is 0 Å². The third kappa shape index (κ3) is 4.62. The van der Waals surface area contributed by atoms with E-state index in [9.17, 15) is 4.79 Å². The zero-order chi connectivity index (χ0) is 13.2. The van der Waals surface area contributed by atoms with Crippen molar-refractivity contribution in [3.63, 3.8) is 0 Å². The average molecular weight is 290 g/mol. The van der Waals surface area contributed by atoms with Crippen molar-refractivity contribution in [1.82, 2.24) is 9.80 Å². The predicted molar refractivity (Wildman–Crippen MR) is 80.5 cm³/mol. The first-order valence-corrected chi connectivity index (χ1v) is 7.33. The summed E-state index contributed by atoms with van der Waals surface area (Å²) in [5.41, 5.74) is 5.45. The van der Waals surface area contributed by atoms with Gasteiger partial charge < -0.3 is 10.6 Å². The van der Waals surface area contributed by atoms with E-state index in [0.29, 0.717) is 0 Å². The van der Waals surface area contributed by atoms with E-state index in [1.54, 1.807) is 0 Å². The average Bonchev–Trinajstić information content (AvgIpc) is 3.13. The molecule has 0 aromatic heterocycles. The molecule has 5 heteroatoms. The van der Waals surface area contributed by atoms with Crippen LogP contribution in [-0.4, -0.2) is 54.0 Å². The van der Waals surface area contributed by atoms with Gasteiger partial charge in [-0.15, -0.1) is 12.4 Å². The largest absolute Gasteiger partial charge is 0.339 e. The number of piperazine rings is 1. The van der Waals surface area contributed by atoms with Gasteiger partial charge >= 0.3 is 0 Å². The lowest BCUT2D eigenvalue weighted by Crippen LogP contribution is -2.58. The van der Waals surface area contributed by atoms with Gasteiger partial charge in [0.15, 0.2) is 0 Å². The zero-order valence-corrected chi connectivity index (χ0v) is 13.0. The third-order valence-electron chi connectivity index (χ3n) is 4.13. The molecule has 1 heterocycles. The molecule has 1 atom stereocenters. The summed E-state index contributed by atoms with van der Waals surface area (Å²) in [7, 11) is 0. The van der Waals surface area contributed by atoms with E-state index in [1.807, 2.05) is 11.8 Å². The Bertz CT molecular complexity index is 297. The van der Waals surface area contributed by atoms with Crippen LogP contribution in [0, 0.1) is 5.92 Å². The van der Waals surface area contributed by atoms with E-state index < -0.39 is 5.54 Å². The minimum absolute atomic E-state index is 0. The Labute approximate surface area is 123 Å². The first kappa shape index (κ1) is 16.7. The molecule has 1 saturated carbocycles. The van der Waals surface area contributed by atoms with Gasteiger partial charge in [-0.3, -0.25) is 9.69 Å². The van der Waals surface area contributed by atoms with E-state index >= 15 is 0 Å². The highest BCUT2D eigenvalue weighted by molar-refractivity contribution is 5.86. The molecule has 0 spiro atoms. The number of carbonyl (C=O) groups excluding carboxylic acids is 1. The number of hydrogen-bond acceptors (Lipinski definition) is 3. The molecule has 19 heavy (non-hydrogen) atoms. The van der Waals surface area contributed by atoms with Crippen molar-refractivity contribution in [2.45, 2.75) is 45.1 Å². The quantitative estimate of drug-likeness (QED) is 0.834. The van der Waals surface area contributed by atoms with Crippen LogP contribution < -0.4 is 5.73 Å². The number of hydrogen-bond donors (Lipinski definition) is 1. The summed E-state index contributed by atoms with van der Waals surface area (Å²) < 4.78 is 0. The van der Waals surface area contributed by atoms with Gasteiger partial charge in [-0.05, 0) is 32.1 Å². The van der Waals surface area contributed by atoms with Crippen LogP contribution in [0.3, 0.4) is 0 Å². The Kier molecular flexibility index (Phi) is 6.09. The van der Waals surface area contributed by atoms with Gasteiger partial charge in [0, 0.05) is 32.7 Å². The van der Waals surface area contributed by atoms with Crippen LogP contribution in [0.2, 0.25) is 0 Å². The molecule has 2 rings (SSSR count). The maximum Gasteiger partial charge on any atom is 0.242 e. The van der Waals surface area contributed by atoms with Crippen molar-refractivity contribution in [3.05, 3.63) is 0 Å². The van der Waals surface area contributed by atoms with E-state index in [-0.39, 0.29) is 18.3 Å². The van der Waals surface area contributed by atoms with Crippen LogP contribution in [-0.2, 0) is 4.79 Å². The van der Waals surface area contributed by atoms with Gasteiger partial charge in [-0.2, -0.15) is 0 Å². The Morgan fingerprint density at radius 3 is 2.32 bits per heavy atom. The highest BCUT2D eigenvalue weighted by atomic mass is 35.5. The lowest BCUT2D eigenvalue weighted by molar-refractivity contribution is -0.138. The molecule has 2 N–H and O–H groups in total. The molecule has 0 aromatic carbocycles. The fraction of sp³-hybridized carbons (Fsp3) is 0.929. The summed E-state index contributed by atoms with van der Waals surface area (Å²) in [6, 6.07) is 0. The summed E-state index contributed by atoms with van der Waals surface area (Å²) in [5.74, 6) is 1.07. The Morgan fingerprint density at radius 2 is 1.84 bits per heavy atom. The summed E-state index contributed by atoms with van der Waals surface area (Å²) in [6.07, 6.45) is 4.53. The molecule has 1 amide bonds. The second kappa shape index (κ2) is 6.91. The first-order chi connectivity index (χ1) is 8.53. The topological polar surface area (TPSA) is 49.6 Å². The predicted octanol–water partition coefficient (Wildman–Crippen LogP) is 1.48. The van der Waals surface area contributed by atoms with E-state index in [2.05, 4.69) is 11.8 Å². The standard InChI is InChI=1S/C14H27N3O.ClH/c1-3-6-14(2,15)13(18)17-9-7-16(8-10-17)11-12-4-5-12;/h12H,3-11,15H2,1-2H3;1H. The molecule has 112 valence electrons. The van der Waals surface area contributed by atoms with Gasteiger partial charge in [0.25, 0.3) is 0 Å². The Hall–Kier alpha value is -0.320. The number of amides is 1. The maximum atomic E-state index is 12.3. The molecule has 1 unspecified atom stereocenters. The van der Waals surface area contributed by atoms with Crippen molar-refractivity contribution in [1.29, 1.82) is 0 Å². The van der Waals surface area contributed by atoms with Gasteiger partial charge in [-0.25, -0.2) is 0 Å². The Balaban J connectivity index is 0.00000180. The van der Waals surface area contributed by atoms with Gasteiger partial charge in [0.05, 0.1) is 5.54 Å². The van der Waals surface area contributed by atoms with Crippen LogP contribution in [0.1, 0.15) is 39.5 Å². The number of halogens is 1. The normalized spacial score (nSPS) is 23.6. The van der Waals surface area contributed by atoms with E-state index in [0.717, 1.165) is 44.9 Å². The second-order valence-electron chi connectivity index (χ2n) is 6.20. The minimum atomic E-state index is -0.673. The summed E-state index contributed by atoms with van der Waals surface area (Å²) in [6.45, 7) is 8.91. The molecule has 0 radical (unpaired) electrons. The monoisotopic (exact) mass is 289 g/mol. The highest BCUT2D eigenvalue weighted by Gasteiger charge is 2.34. The highest BCUT2D eigenvalue weighted by Crippen LogP contribution is 2.30. The van der Waals surface area contributed by atoms with Crippen molar-refractivity contribution in [3.8, 4) is 0 Å². The van der Waals surface area contributed by atoms with Crippen LogP contribution in [0.5, 0.6) is 0 Å². The van der Waals surface area contributed by atoms with Gasteiger partial charge in [0.2, 0.25) is 5.91 Å². The number of rotatable bonds is 5. The Morgan fingerprint density at radius 1 is 1.26 bits per heavy atom. The number of nitrogens with two attached hydrogens (primary N) is 1. The van der Waals surface area contributed by atoms with Crippen molar-refractivity contribution >= 4 is 18.3 Å². The third-order valence-corrected chi connectivity index (χ3v) is 4.13. The fourth-order valence-corrected chi connectivity index (χ4v) is 2.79. The van der Waals surface area contributed by atoms with E-state index in [1.165, 1.54) is 19.4 Å². The number of nitrogens with zero attached hydrogens (tertiary/aromatic N) is 2. The molecule has 1 aliphatic heterocycles. The first-order valence-electron chi connectivity index (χ1n) is 7.33. The zero-order valence-electron chi connectivity index (χ0n) is 12.2. The fourth-order valence-electron chi connectivity index (χ4n) is 2.79. The molecule has 1 saturated heterocycles. The van der Waals surface area contributed by atoms with E-state index in [4.69, 9.17) is 5.73 Å². The summed E-state index contributed by atoms with van der Waals surface area (Å²) >= 11 is 0. The summed E-state index contributed by atoms with van der Waals surface area (Å²) in [4.78, 5) is 16.8. The van der Waals surface area contributed by atoms with Crippen LogP contribution >= 0.6 is 12.4 Å². The number of carbonyl (C=O) groups is 1. The molecule has 0 bridgehead atoms. The lowest BCUT2D eigenvalue weighted by Gasteiger charge is -2.38. The summed E-state index contributed by atoms with van der Waals surface area (Å²) in [5, 5.41) is 0.